The summed E-state index contributed by atoms with van der Waals surface area (Å²) in [6, 6.07) is 16.4. The van der Waals surface area contributed by atoms with Crippen molar-refractivity contribution in [2.45, 2.75) is 0 Å². The molecule has 0 radical (unpaired) electrons. The van der Waals surface area contributed by atoms with E-state index < -0.39 is 11.9 Å². The third-order valence-electron chi connectivity index (χ3n) is 3.86. The van der Waals surface area contributed by atoms with Crippen molar-refractivity contribution in [1.82, 2.24) is 0 Å². The van der Waals surface area contributed by atoms with Gasteiger partial charge in [-0.2, -0.15) is 5.26 Å². The van der Waals surface area contributed by atoms with Crippen molar-refractivity contribution >= 4 is 51.2 Å². The summed E-state index contributed by atoms with van der Waals surface area (Å²) in [7, 11) is 0. The highest BCUT2D eigenvalue weighted by atomic mass is 79.9. The molecule has 0 atom stereocenters. The molecule has 144 valence electrons. The van der Waals surface area contributed by atoms with Gasteiger partial charge in [-0.3, -0.25) is 4.79 Å². The zero-order valence-electron chi connectivity index (χ0n) is 14.6. The maximum atomic E-state index is 12.3. The third kappa shape index (κ3) is 4.93. The van der Waals surface area contributed by atoms with Crippen molar-refractivity contribution in [1.29, 1.82) is 5.26 Å². The minimum absolute atomic E-state index is 0.0153. The Balaban J connectivity index is 1.81. The average molecular weight is 472 g/mol. The van der Waals surface area contributed by atoms with Gasteiger partial charge >= 0.3 is 5.97 Å². The zero-order valence-corrected chi connectivity index (χ0v) is 17.0. The van der Waals surface area contributed by atoms with Crippen molar-refractivity contribution in [3.05, 3.63) is 81.0 Å². The molecule has 1 heterocycles. The quantitative estimate of drug-likeness (QED) is 0.372. The van der Waals surface area contributed by atoms with Crippen LogP contribution in [0.1, 0.15) is 16.1 Å². The number of carbonyl (C=O) groups is 2. The first-order valence-corrected chi connectivity index (χ1v) is 9.36. The first-order chi connectivity index (χ1) is 13.9. The minimum atomic E-state index is -1.12. The second-order valence-corrected chi connectivity index (χ2v) is 7.16. The standard InChI is InChI=1S/C21H12BrClN2O4/c22-14-2-4-15(5-3-14)25-20(26)13(11-24)9-16-6-8-19(29-16)12-1-7-17(21(27)28)18(23)10-12/h1-10H,(H,25,26)(H,27,28). The molecule has 29 heavy (non-hydrogen) atoms. The summed E-state index contributed by atoms with van der Waals surface area (Å²) in [5.41, 5.74) is 0.969. The van der Waals surface area contributed by atoms with Gasteiger partial charge in [0.25, 0.3) is 5.91 Å². The fourth-order valence-corrected chi connectivity index (χ4v) is 2.98. The molecule has 0 saturated heterocycles. The Morgan fingerprint density at radius 3 is 2.48 bits per heavy atom. The Kier molecular flexibility index (Phi) is 6.17. The average Bonchev–Trinajstić information content (AvgIpc) is 3.16. The summed E-state index contributed by atoms with van der Waals surface area (Å²) in [6.07, 6.45) is 1.32. The number of anilines is 1. The van der Waals surface area contributed by atoms with Gasteiger partial charge in [0.1, 0.15) is 23.2 Å². The smallest absolute Gasteiger partial charge is 0.337 e. The highest BCUT2D eigenvalue weighted by molar-refractivity contribution is 9.10. The number of benzene rings is 2. The number of hydrogen-bond acceptors (Lipinski definition) is 4. The fourth-order valence-electron chi connectivity index (χ4n) is 2.45. The molecule has 3 aromatic rings. The van der Waals surface area contributed by atoms with E-state index in [0.29, 0.717) is 22.8 Å². The van der Waals surface area contributed by atoms with Crippen LogP contribution in [0.2, 0.25) is 5.02 Å². The summed E-state index contributed by atoms with van der Waals surface area (Å²) < 4.78 is 6.52. The van der Waals surface area contributed by atoms with Gasteiger partial charge in [-0.15, -0.1) is 0 Å². The second-order valence-electron chi connectivity index (χ2n) is 5.83. The monoisotopic (exact) mass is 470 g/mol. The van der Waals surface area contributed by atoms with Crippen LogP contribution in [0.3, 0.4) is 0 Å². The minimum Gasteiger partial charge on any atom is -0.478 e. The highest BCUT2D eigenvalue weighted by Gasteiger charge is 2.13. The largest absolute Gasteiger partial charge is 0.478 e. The number of aromatic carboxylic acids is 1. The van der Waals surface area contributed by atoms with Crippen molar-refractivity contribution in [3.8, 4) is 17.4 Å². The van der Waals surface area contributed by atoms with Crippen molar-refractivity contribution in [2.24, 2.45) is 0 Å². The van der Waals surface area contributed by atoms with Crippen molar-refractivity contribution in [2.75, 3.05) is 5.32 Å². The molecule has 2 N–H and O–H groups in total. The first kappa shape index (κ1) is 20.4. The van der Waals surface area contributed by atoms with Gasteiger partial charge in [0.05, 0.1) is 10.6 Å². The number of carboxylic acids is 1. The summed E-state index contributed by atoms with van der Waals surface area (Å²) in [6.45, 7) is 0. The number of nitrogens with one attached hydrogen (secondary N) is 1. The number of nitriles is 1. The Labute approximate surface area is 179 Å². The molecule has 2 aromatic carbocycles. The van der Waals surface area contributed by atoms with Crippen molar-refractivity contribution < 1.29 is 19.1 Å². The molecule has 3 rings (SSSR count). The normalized spacial score (nSPS) is 11.0. The number of rotatable bonds is 5. The van der Waals surface area contributed by atoms with Crippen LogP contribution in [0.25, 0.3) is 17.4 Å². The molecule has 1 amide bonds. The number of furan rings is 1. The molecule has 0 bridgehead atoms. The number of nitrogens with zero attached hydrogens (tertiary/aromatic N) is 1. The van der Waals surface area contributed by atoms with E-state index in [0.717, 1.165) is 4.47 Å². The van der Waals surface area contributed by atoms with Gasteiger partial charge in [-0.05, 0) is 48.5 Å². The summed E-state index contributed by atoms with van der Waals surface area (Å²) in [4.78, 5) is 23.4. The molecule has 0 aliphatic heterocycles. The molecule has 0 fully saturated rings. The topological polar surface area (TPSA) is 103 Å². The van der Waals surface area contributed by atoms with E-state index in [1.54, 1.807) is 42.5 Å². The lowest BCUT2D eigenvalue weighted by Gasteiger charge is -2.04. The maximum Gasteiger partial charge on any atom is 0.337 e. The third-order valence-corrected chi connectivity index (χ3v) is 4.71. The molecule has 0 aliphatic carbocycles. The zero-order chi connectivity index (χ0) is 21.0. The molecule has 6 nitrogen and oxygen atoms in total. The Hall–Kier alpha value is -3.34. The number of amides is 1. The van der Waals surface area contributed by atoms with Crippen LogP contribution in [0.15, 0.2) is 69.1 Å². The SMILES string of the molecule is N#CC(=Cc1ccc(-c2ccc(C(=O)O)c(Cl)c2)o1)C(=O)Nc1ccc(Br)cc1. The van der Waals surface area contributed by atoms with Gasteiger partial charge in [-0.25, -0.2) is 4.79 Å². The van der Waals surface area contributed by atoms with Crippen LogP contribution in [-0.2, 0) is 4.79 Å². The summed E-state index contributed by atoms with van der Waals surface area (Å²) in [5, 5.41) is 21.1. The molecular weight excluding hydrogens is 460 g/mol. The van der Waals surface area contributed by atoms with Crippen LogP contribution in [0.4, 0.5) is 5.69 Å². The number of carboxylic acid groups (broad SMARTS) is 1. The van der Waals surface area contributed by atoms with Crippen LogP contribution in [0.5, 0.6) is 0 Å². The number of halogens is 2. The Bertz CT molecular complexity index is 1160. The predicted octanol–water partition coefficient (Wildman–Crippen LogP) is 5.61. The summed E-state index contributed by atoms with van der Waals surface area (Å²) >= 11 is 9.29. The van der Waals surface area contributed by atoms with Crippen molar-refractivity contribution in [3.63, 3.8) is 0 Å². The molecule has 0 aliphatic rings. The van der Waals surface area contributed by atoms with E-state index in [-0.39, 0.29) is 16.2 Å². The van der Waals surface area contributed by atoms with Crippen LogP contribution in [0, 0.1) is 11.3 Å². The lowest BCUT2D eigenvalue weighted by atomic mass is 10.1. The van der Waals surface area contributed by atoms with Gasteiger partial charge in [-0.1, -0.05) is 33.6 Å². The van der Waals surface area contributed by atoms with Gasteiger partial charge in [0, 0.05) is 21.8 Å². The Morgan fingerprint density at radius 2 is 1.86 bits per heavy atom. The van der Waals surface area contributed by atoms with E-state index in [9.17, 15) is 14.9 Å². The van der Waals surface area contributed by atoms with Crippen LogP contribution in [-0.4, -0.2) is 17.0 Å². The van der Waals surface area contributed by atoms with E-state index in [1.165, 1.54) is 18.2 Å². The maximum absolute atomic E-state index is 12.3. The van der Waals surface area contributed by atoms with Crippen LogP contribution < -0.4 is 5.32 Å². The van der Waals surface area contributed by atoms with E-state index in [1.807, 2.05) is 6.07 Å². The molecule has 8 heteroatoms. The summed E-state index contributed by atoms with van der Waals surface area (Å²) in [5.74, 6) is -0.983. The molecule has 0 spiro atoms. The lowest BCUT2D eigenvalue weighted by Crippen LogP contribution is -2.13. The lowest BCUT2D eigenvalue weighted by molar-refractivity contribution is -0.112. The molecular formula is C21H12BrClN2O4. The predicted molar refractivity (Wildman–Crippen MR) is 112 cm³/mol. The fraction of sp³-hybridized carbons (Fsp3) is 0. The van der Waals surface area contributed by atoms with E-state index in [2.05, 4.69) is 21.2 Å². The van der Waals surface area contributed by atoms with E-state index in [4.69, 9.17) is 21.1 Å². The Morgan fingerprint density at radius 1 is 1.14 bits per heavy atom. The molecule has 0 saturated carbocycles. The van der Waals surface area contributed by atoms with Crippen LogP contribution >= 0.6 is 27.5 Å². The van der Waals surface area contributed by atoms with E-state index >= 15 is 0 Å². The molecule has 0 unspecified atom stereocenters. The number of carbonyl (C=O) groups excluding carboxylic acids is 1. The van der Waals surface area contributed by atoms with Gasteiger partial charge in [0.15, 0.2) is 0 Å². The second kappa shape index (κ2) is 8.78. The van der Waals surface area contributed by atoms with Gasteiger partial charge in [0.2, 0.25) is 0 Å². The van der Waals surface area contributed by atoms with Gasteiger partial charge < -0.3 is 14.8 Å². The number of hydrogen-bond donors (Lipinski definition) is 2. The first-order valence-electron chi connectivity index (χ1n) is 8.19. The molecule has 1 aromatic heterocycles. The highest BCUT2D eigenvalue weighted by Crippen LogP contribution is 2.28.